The molecule has 0 aliphatic heterocycles. The van der Waals surface area contributed by atoms with Gasteiger partial charge in [-0.25, -0.2) is 9.59 Å². The molecular formula is C18H12O6. The van der Waals surface area contributed by atoms with Crippen molar-refractivity contribution in [2.24, 2.45) is 0 Å². The maximum atomic E-state index is 10.8. The Bertz CT molecular complexity index is 1030. The summed E-state index contributed by atoms with van der Waals surface area (Å²) in [5.41, 5.74) is -0.262. The third-order valence-corrected chi connectivity index (χ3v) is 3.26. The predicted octanol–water partition coefficient (Wildman–Crippen LogP) is 3.00. The Balaban J connectivity index is 0.000000141. The molecule has 0 unspecified atom stereocenters. The van der Waals surface area contributed by atoms with Crippen LogP contribution in [0.15, 0.2) is 79.1 Å². The zero-order valence-corrected chi connectivity index (χ0v) is 12.3. The zero-order valence-electron chi connectivity index (χ0n) is 12.3. The number of aromatic hydroxyl groups is 2. The summed E-state index contributed by atoms with van der Waals surface area (Å²) in [6, 6.07) is 15.8. The number of rotatable bonds is 0. The average molecular weight is 324 g/mol. The summed E-state index contributed by atoms with van der Waals surface area (Å²) in [6.45, 7) is 0. The van der Waals surface area contributed by atoms with Gasteiger partial charge in [-0.15, -0.1) is 0 Å². The highest BCUT2D eigenvalue weighted by Crippen LogP contribution is 2.21. The summed E-state index contributed by atoms with van der Waals surface area (Å²) >= 11 is 0. The van der Waals surface area contributed by atoms with Crippen LogP contribution in [0.3, 0.4) is 0 Å². The van der Waals surface area contributed by atoms with Crippen LogP contribution in [0.1, 0.15) is 0 Å². The molecule has 2 N–H and O–H groups in total. The van der Waals surface area contributed by atoms with Crippen LogP contribution in [0, 0.1) is 0 Å². The first kappa shape index (κ1) is 15.4. The van der Waals surface area contributed by atoms with Gasteiger partial charge < -0.3 is 19.0 Å². The van der Waals surface area contributed by atoms with Crippen molar-refractivity contribution in [2.75, 3.05) is 0 Å². The highest BCUT2D eigenvalue weighted by Gasteiger charge is 2.02. The molecule has 6 heteroatoms. The van der Waals surface area contributed by atoms with E-state index in [-0.39, 0.29) is 11.5 Å². The van der Waals surface area contributed by atoms with Gasteiger partial charge >= 0.3 is 11.3 Å². The lowest BCUT2D eigenvalue weighted by molar-refractivity contribution is 0.467. The van der Waals surface area contributed by atoms with E-state index in [9.17, 15) is 19.8 Å². The summed E-state index contributed by atoms with van der Waals surface area (Å²) in [7, 11) is 0. The van der Waals surface area contributed by atoms with Crippen molar-refractivity contribution in [3.8, 4) is 11.5 Å². The molecule has 2 aromatic carbocycles. The van der Waals surface area contributed by atoms with Gasteiger partial charge in [-0.2, -0.15) is 0 Å². The van der Waals surface area contributed by atoms with Crippen LogP contribution in [0.25, 0.3) is 21.9 Å². The van der Waals surface area contributed by atoms with Crippen LogP contribution in [0.4, 0.5) is 0 Å². The monoisotopic (exact) mass is 324 g/mol. The number of hydrogen-bond acceptors (Lipinski definition) is 6. The summed E-state index contributed by atoms with van der Waals surface area (Å²) in [5, 5.41) is 19.7. The third-order valence-electron chi connectivity index (χ3n) is 3.26. The quantitative estimate of drug-likeness (QED) is 0.482. The van der Waals surface area contributed by atoms with Gasteiger partial charge in [-0.1, -0.05) is 24.3 Å². The van der Waals surface area contributed by atoms with E-state index < -0.39 is 11.3 Å². The van der Waals surface area contributed by atoms with E-state index in [0.717, 1.165) is 12.1 Å². The Morgan fingerprint density at radius 3 is 1.42 bits per heavy atom. The molecule has 0 aliphatic rings. The normalized spacial score (nSPS) is 10.3. The number of fused-ring (bicyclic) bond motifs is 2. The fraction of sp³-hybridized carbons (Fsp3) is 0. The molecule has 0 fully saturated rings. The largest absolute Gasteiger partial charge is 0.507 e. The molecule has 120 valence electrons. The van der Waals surface area contributed by atoms with Crippen molar-refractivity contribution in [1.29, 1.82) is 0 Å². The fourth-order valence-corrected chi connectivity index (χ4v) is 2.19. The number of para-hydroxylation sites is 2. The Labute approximate surface area is 134 Å². The smallest absolute Gasteiger partial charge is 0.339 e. The average Bonchev–Trinajstić information content (AvgIpc) is 2.55. The van der Waals surface area contributed by atoms with Gasteiger partial charge in [0, 0.05) is 0 Å². The molecule has 0 spiro atoms. The Kier molecular flexibility index (Phi) is 4.03. The molecule has 0 saturated carbocycles. The summed E-state index contributed by atoms with van der Waals surface area (Å²) in [6.07, 6.45) is 0. The van der Waals surface area contributed by atoms with Crippen LogP contribution < -0.4 is 11.3 Å². The molecular weight excluding hydrogens is 312 g/mol. The molecule has 0 atom stereocenters. The van der Waals surface area contributed by atoms with Crippen molar-refractivity contribution in [3.63, 3.8) is 0 Å². The molecule has 6 nitrogen and oxygen atoms in total. The van der Waals surface area contributed by atoms with Gasteiger partial charge in [0.05, 0.1) is 22.9 Å². The van der Waals surface area contributed by atoms with E-state index in [0.29, 0.717) is 21.9 Å². The minimum atomic E-state index is -0.536. The molecule has 0 amide bonds. The van der Waals surface area contributed by atoms with E-state index in [1.54, 1.807) is 48.5 Å². The Hall–Kier alpha value is -3.54. The summed E-state index contributed by atoms with van der Waals surface area (Å²) < 4.78 is 9.65. The molecule has 2 heterocycles. The second kappa shape index (κ2) is 6.29. The van der Waals surface area contributed by atoms with E-state index in [2.05, 4.69) is 0 Å². The summed E-state index contributed by atoms with van der Waals surface area (Å²) in [5.74, 6) is -0.0799. The van der Waals surface area contributed by atoms with E-state index in [1.165, 1.54) is 0 Å². The molecule has 24 heavy (non-hydrogen) atoms. The highest BCUT2D eigenvalue weighted by atomic mass is 16.4. The Morgan fingerprint density at radius 2 is 1.00 bits per heavy atom. The zero-order chi connectivity index (χ0) is 17.1. The van der Waals surface area contributed by atoms with E-state index >= 15 is 0 Å². The van der Waals surface area contributed by atoms with Crippen LogP contribution in [0.2, 0.25) is 0 Å². The first-order valence-electron chi connectivity index (χ1n) is 6.98. The molecule has 4 aromatic rings. The lowest BCUT2D eigenvalue weighted by Gasteiger charge is -1.96. The van der Waals surface area contributed by atoms with Gasteiger partial charge in [-0.3, -0.25) is 0 Å². The predicted molar refractivity (Wildman–Crippen MR) is 88.3 cm³/mol. The van der Waals surface area contributed by atoms with E-state index in [1.807, 2.05) is 0 Å². The molecule has 0 radical (unpaired) electrons. The lowest BCUT2D eigenvalue weighted by atomic mass is 10.2. The van der Waals surface area contributed by atoms with Crippen LogP contribution in [0.5, 0.6) is 11.5 Å². The second-order valence-corrected chi connectivity index (χ2v) is 4.89. The topological polar surface area (TPSA) is 101 Å². The first-order valence-corrected chi connectivity index (χ1v) is 6.98. The highest BCUT2D eigenvalue weighted by molar-refractivity contribution is 5.83. The molecule has 0 bridgehead atoms. The van der Waals surface area contributed by atoms with Crippen molar-refractivity contribution >= 4 is 21.9 Å². The van der Waals surface area contributed by atoms with Crippen molar-refractivity contribution in [2.45, 2.75) is 0 Å². The van der Waals surface area contributed by atoms with Gasteiger partial charge in [-0.05, 0) is 24.3 Å². The Morgan fingerprint density at radius 1 is 0.625 bits per heavy atom. The maximum absolute atomic E-state index is 10.8. The van der Waals surface area contributed by atoms with Gasteiger partial charge in [0.15, 0.2) is 0 Å². The first-order chi connectivity index (χ1) is 11.5. The van der Waals surface area contributed by atoms with Crippen molar-refractivity contribution in [1.82, 2.24) is 0 Å². The molecule has 0 saturated heterocycles. The molecule has 2 aromatic heterocycles. The third kappa shape index (κ3) is 3.12. The van der Waals surface area contributed by atoms with Gasteiger partial charge in [0.25, 0.3) is 0 Å². The van der Waals surface area contributed by atoms with Crippen LogP contribution in [-0.2, 0) is 0 Å². The van der Waals surface area contributed by atoms with Crippen molar-refractivity contribution < 1.29 is 19.0 Å². The molecule has 0 aliphatic carbocycles. The minimum absolute atomic E-state index is 0.0400. The van der Waals surface area contributed by atoms with Crippen LogP contribution in [-0.4, -0.2) is 10.2 Å². The van der Waals surface area contributed by atoms with Crippen molar-refractivity contribution in [3.05, 3.63) is 81.5 Å². The standard InChI is InChI=1S/2C9H6O3/c2*10-7-5-9(11)12-8-4-2-1-3-6(7)8/h2*1-5,10H. The van der Waals surface area contributed by atoms with Crippen LogP contribution >= 0.6 is 0 Å². The summed E-state index contributed by atoms with van der Waals surface area (Å²) in [4.78, 5) is 21.6. The van der Waals surface area contributed by atoms with Gasteiger partial charge in [0.1, 0.15) is 22.7 Å². The minimum Gasteiger partial charge on any atom is -0.507 e. The molecule has 4 rings (SSSR count). The van der Waals surface area contributed by atoms with E-state index in [4.69, 9.17) is 8.83 Å². The number of benzene rings is 2. The second-order valence-electron chi connectivity index (χ2n) is 4.89. The maximum Gasteiger partial charge on any atom is 0.339 e. The van der Waals surface area contributed by atoms with Gasteiger partial charge in [0.2, 0.25) is 0 Å². The lowest BCUT2D eigenvalue weighted by Crippen LogP contribution is -1.94. The number of hydrogen-bond donors (Lipinski definition) is 2. The fourth-order valence-electron chi connectivity index (χ4n) is 2.19. The SMILES string of the molecule is O=c1cc(O)c2ccccc2o1.O=c1cc(O)c2ccccc2o1.